The number of nitrogens with one attached hydrogen (secondary N) is 2. The molecule has 3 aliphatic carbocycles. The van der Waals surface area contributed by atoms with Crippen LogP contribution < -0.4 is 22.1 Å². The quantitative estimate of drug-likeness (QED) is 0.0672. The molecule has 14 aromatic rings. The van der Waals surface area contributed by atoms with E-state index in [1.54, 1.807) is 23.5 Å². The fraction of sp³-hybridized carbons (Fsp3) is 0.407. The number of halogens is 2. The molecule has 4 spiro atoms. The predicted molar refractivity (Wildman–Crippen MR) is 465 cm³/mol. The summed E-state index contributed by atoms with van der Waals surface area (Å²) in [6.45, 7) is 9.72. The molecular weight excluding hydrogens is 1680 g/mol. The highest BCUT2D eigenvalue weighted by Gasteiger charge is 2.61. The number of ether oxygens (including phenoxy) is 3. The van der Waals surface area contributed by atoms with Gasteiger partial charge in [-0.3, -0.25) is 0 Å². The standard InChI is InChI=1S/2C25H26BrN5O3.C21H24N4O2.C20H22N4O3/c2*1-13-16-5-7-31(24(16)29-12-28-13)19-10-25(22(33)21(19)32)6-4-20(34-11-25)15-3-2-14-8-17(26)23(27)30-18(14)9-15;1-13-15-7-8-25(20(15)24-12-23-13)17-10-21(19(27)18(17)26)9-16(22-11-21)14-5-3-2-4-6-14;1-12-14-7-8-24(18(14)23-11-22-12)19-16(25)17(26)20(27-19)9-15(21-10-20)13-5-3-2-4-6-13/h2*2-3,5,7-9,12,19-22,32-33H,4,6,10-11H2,1H3,(H2,27,30);2-8,12,16-19,22,26-27H,9-11H2,1H3;2-8,11,15-17,19,21,25-26H,9-10H2,1H3. The van der Waals surface area contributed by atoms with Crippen molar-refractivity contribution >= 4 is 109 Å². The highest BCUT2D eigenvalue weighted by atomic mass is 79.9. The molecule has 8 fully saturated rings. The Morgan fingerprint density at radius 2 is 0.779 bits per heavy atom. The maximum atomic E-state index is 11.1. The lowest BCUT2D eigenvalue weighted by molar-refractivity contribution is -0.120. The minimum atomic E-state index is -1.04. The molecule has 632 valence electrons. The van der Waals surface area contributed by atoms with Crippen LogP contribution in [-0.2, 0) is 14.2 Å². The number of rotatable bonds is 8. The van der Waals surface area contributed by atoms with E-state index in [1.807, 2.05) is 163 Å². The van der Waals surface area contributed by atoms with Gasteiger partial charge in [-0.25, -0.2) is 49.8 Å². The van der Waals surface area contributed by atoms with Crippen LogP contribution in [0.2, 0.25) is 0 Å². The fourth-order valence-electron chi connectivity index (χ4n) is 20.9. The predicted octanol–water partition coefficient (Wildman–Crippen LogP) is 11.3. The van der Waals surface area contributed by atoms with Gasteiger partial charge in [0.15, 0.2) is 6.23 Å². The maximum absolute atomic E-state index is 11.1. The Morgan fingerprint density at radius 1 is 0.402 bits per heavy atom. The lowest BCUT2D eigenvalue weighted by atomic mass is 9.76. The number of aromatic nitrogens is 14. The van der Waals surface area contributed by atoms with Crippen molar-refractivity contribution in [1.29, 1.82) is 0 Å². The number of nitrogens with two attached hydrogens (primary N) is 2. The Hall–Kier alpha value is -9.78. The molecule has 5 saturated heterocycles. The van der Waals surface area contributed by atoms with Gasteiger partial charge in [-0.1, -0.05) is 84.9 Å². The van der Waals surface area contributed by atoms with E-state index >= 15 is 0 Å². The van der Waals surface area contributed by atoms with E-state index in [0.29, 0.717) is 62.8 Å². The molecule has 15 heterocycles. The first kappa shape index (κ1) is 81.9. The summed E-state index contributed by atoms with van der Waals surface area (Å²) in [6, 6.07) is 44.0. The molecular formula is C91H98Br2N18O11. The van der Waals surface area contributed by atoms with E-state index in [1.165, 1.54) is 11.9 Å². The topological polar surface area (TPSA) is 414 Å². The number of benzene rings is 4. The van der Waals surface area contributed by atoms with Crippen molar-refractivity contribution in [2.45, 2.75) is 189 Å². The van der Waals surface area contributed by atoms with Gasteiger partial charge < -0.3 is 95.4 Å². The number of aryl methyl sites for hydroxylation is 4. The summed E-state index contributed by atoms with van der Waals surface area (Å²) >= 11 is 6.85. The third kappa shape index (κ3) is 14.4. The van der Waals surface area contributed by atoms with Gasteiger partial charge in [-0.05, 0) is 188 Å². The molecule has 0 radical (unpaired) electrons. The second-order valence-corrected chi connectivity index (χ2v) is 36.5. The summed E-state index contributed by atoms with van der Waals surface area (Å²) in [5, 5.41) is 101. The van der Waals surface area contributed by atoms with Crippen LogP contribution in [0.5, 0.6) is 0 Å². The number of pyridine rings is 2. The molecule has 14 N–H and O–H groups in total. The van der Waals surface area contributed by atoms with Crippen LogP contribution in [0.4, 0.5) is 11.6 Å². The average molecular weight is 1780 g/mol. The number of hydrogen-bond donors (Lipinski definition) is 12. The van der Waals surface area contributed by atoms with E-state index in [-0.39, 0.29) is 47.8 Å². The fourth-order valence-corrected chi connectivity index (χ4v) is 21.6. The first-order chi connectivity index (χ1) is 58.9. The van der Waals surface area contributed by atoms with Crippen LogP contribution in [-0.4, -0.2) is 190 Å². The average Bonchev–Trinajstić information content (AvgIpc) is 1.58. The molecule has 20 atom stereocenters. The molecule has 4 aromatic carbocycles. The minimum Gasteiger partial charge on any atom is -0.390 e. The molecule has 3 saturated carbocycles. The van der Waals surface area contributed by atoms with Crippen LogP contribution in [0, 0.1) is 43.9 Å². The van der Waals surface area contributed by atoms with E-state index in [0.717, 1.165) is 147 Å². The zero-order chi connectivity index (χ0) is 84.4. The largest absolute Gasteiger partial charge is 0.390 e. The first-order valence-electron chi connectivity index (χ1n) is 41.7. The SMILES string of the molecule is Cc1ncnc2c1ccn2C1CC2(CCC(c3ccc4cc(Br)c(N)nc4c3)OC2)C(O)C1O.Cc1ncnc2c1ccn2C1CC2(CCC(c3ccc4cc(Br)c(N)nc4c3)OC2)C(O)C1O.Cc1ncnc2c1ccn2C1CC2(CNC(c3ccccc3)C2)C(O)C1O.Cc1ncnc2c1ccn2C1OC2(CNC(c3ccccc3)C2)C(O)C1O. The second-order valence-electron chi connectivity index (χ2n) is 34.8. The van der Waals surface area contributed by atoms with Crippen LogP contribution in [0.1, 0.15) is 151 Å². The van der Waals surface area contributed by atoms with Crippen molar-refractivity contribution < 1.29 is 55.1 Å². The number of hydrogen-bond acceptors (Lipinski definition) is 25. The highest BCUT2D eigenvalue weighted by Crippen LogP contribution is 2.57. The van der Waals surface area contributed by atoms with Gasteiger partial charge in [-0.15, -0.1) is 0 Å². The Bertz CT molecular complexity index is 5850. The third-order valence-electron chi connectivity index (χ3n) is 27.8. The smallest absolute Gasteiger partial charge is 0.164 e. The van der Waals surface area contributed by atoms with Crippen LogP contribution >= 0.6 is 31.9 Å². The number of nitrogens with zero attached hydrogens (tertiary/aromatic N) is 14. The monoisotopic (exact) mass is 1780 g/mol. The van der Waals surface area contributed by atoms with E-state index in [2.05, 4.69) is 129 Å². The Morgan fingerprint density at radius 3 is 1.19 bits per heavy atom. The number of anilines is 2. The van der Waals surface area contributed by atoms with Gasteiger partial charge in [0.1, 0.15) is 95.7 Å². The van der Waals surface area contributed by atoms with Gasteiger partial charge in [0, 0.05) is 98.5 Å². The number of fused-ring (bicyclic) bond motifs is 6. The zero-order valence-electron chi connectivity index (χ0n) is 67.7. The normalized spacial score (nSPS) is 31.1. The Labute approximate surface area is 718 Å². The number of aliphatic hydroxyl groups is 8. The number of aliphatic hydroxyl groups excluding tert-OH is 8. The first-order valence-corrected chi connectivity index (χ1v) is 43.3. The summed E-state index contributed by atoms with van der Waals surface area (Å²) in [7, 11) is 0. The molecule has 10 aromatic heterocycles. The summed E-state index contributed by atoms with van der Waals surface area (Å²) < 4.78 is 28.3. The van der Waals surface area contributed by atoms with Crippen LogP contribution in [0.3, 0.4) is 0 Å². The van der Waals surface area contributed by atoms with Gasteiger partial charge in [0.25, 0.3) is 0 Å². The van der Waals surface area contributed by atoms with Crippen molar-refractivity contribution in [2.75, 3.05) is 37.8 Å². The van der Waals surface area contributed by atoms with E-state index < -0.39 is 71.5 Å². The van der Waals surface area contributed by atoms with Crippen molar-refractivity contribution in [2.24, 2.45) is 16.2 Å². The van der Waals surface area contributed by atoms with Crippen molar-refractivity contribution in [3.8, 4) is 0 Å². The van der Waals surface area contributed by atoms with E-state index in [4.69, 9.17) is 25.7 Å². The van der Waals surface area contributed by atoms with Crippen molar-refractivity contribution in [3.05, 3.63) is 238 Å². The van der Waals surface area contributed by atoms with Crippen molar-refractivity contribution in [1.82, 2.24) is 78.7 Å². The zero-order valence-corrected chi connectivity index (χ0v) is 70.9. The van der Waals surface area contributed by atoms with Gasteiger partial charge in [0.05, 0.1) is 105 Å². The summed E-state index contributed by atoms with van der Waals surface area (Å²) in [4.78, 5) is 43.6. The molecule has 0 amide bonds. The molecule has 20 unspecified atom stereocenters. The molecule has 5 aliphatic heterocycles. The molecule has 122 heavy (non-hydrogen) atoms. The van der Waals surface area contributed by atoms with Crippen LogP contribution in [0.15, 0.2) is 193 Å². The summed E-state index contributed by atoms with van der Waals surface area (Å²) in [5.41, 5.74) is 22.6. The molecule has 0 bridgehead atoms. The van der Waals surface area contributed by atoms with Crippen molar-refractivity contribution in [3.63, 3.8) is 0 Å². The number of nitrogen functional groups attached to an aromatic ring is 2. The lowest BCUT2D eigenvalue weighted by Gasteiger charge is -2.40. The molecule has 29 nitrogen and oxygen atoms in total. The molecule has 22 rings (SSSR count). The Balaban J connectivity index is 0.000000108. The summed E-state index contributed by atoms with van der Waals surface area (Å²) in [6.07, 6.45) is 12.2. The van der Waals surface area contributed by atoms with Gasteiger partial charge in [0.2, 0.25) is 0 Å². The Kier molecular flexibility index (Phi) is 21.7. The second kappa shape index (κ2) is 32.4. The lowest BCUT2D eigenvalue weighted by Crippen LogP contribution is -2.44. The summed E-state index contributed by atoms with van der Waals surface area (Å²) in [5.74, 6) is 0.917. The molecule has 8 aliphatic rings. The highest BCUT2D eigenvalue weighted by molar-refractivity contribution is 9.11. The van der Waals surface area contributed by atoms with Gasteiger partial charge >= 0.3 is 0 Å². The molecule has 31 heteroatoms. The maximum Gasteiger partial charge on any atom is 0.164 e. The van der Waals surface area contributed by atoms with Crippen LogP contribution in [0.25, 0.3) is 65.9 Å². The third-order valence-corrected chi connectivity index (χ3v) is 29.1. The minimum absolute atomic E-state index is 0.0813. The van der Waals surface area contributed by atoms with E-state index in [9.17, 15) is 40.9 Å². The van der Waals surface area contributed by atoms with Gasteiger partial charge in [-0.2, -0.15) is 0 Å².